The molecule has 0 aliphatic rings. The van der Waals surface area contributed by atoms with Crippen LogP contribution < -0.4 is 27.0 Å². The number of unbranched alkanes of at least 4 members (excludes halogenated alkanes) is 25. The molecule has 0 rings (SSSR count). The Morgan fingerprint density at radius 2 is 0.958 bits per heavy atom. The first-order chi connectivity index (χ1) is 34.3. The summed E-state index contributed by atoms with van der Waals surface area (Å²) in [6, 6.07) is -2.43. The first-order valence-electron chi connectivity index (χ1n) is 27.5. The van der Waals surface area contributed by atoms with Gasteiger partial charge < -0.3 is 46.7 Å². The maximum atomic E-state index is 13.1. The van der Waals surface area contributed by atoms with Gasteiger partial charge in [0.1, 0.15) is 24.8 Å². The first kappa shape index (κ1) is 70.4. The van der Waals surface area contributed by atoms with Crippen molar-refractivity contribution in [1.29, 1.82) is 0 Å². The van der Waals surface area contributed by atoms with Gasteiger partial charge >= 0.3 is 23.9 Å². The zero-order chi connectivity index (χ0) is 52.6. The van der Waals surface area contributed by atoms with Gasteiger partial charge in [-0.1, -0.05) is 168 Å². The Morgan fingerprint density at radius 3 is 1.43 bits per heavy atom. The Labute approximate surface area is 443 Å². The Hall–Kier alpha value is -3.64. The number of nitrogens with one attached hydrogen (secondary N) is 4. The van der Waals surface area contributed by atoms with E-state index in [0.717, 1.165) is 44.9 Å². The van der Waals surface area contributed by atoms with E-state index in [9.17, 15) is 43.5 Å². The minimum absolute atomic E-state index is 0. The summed E-state index contributed by atoms with van der Waals surface area (Å²) in [4.78, 5) is 98.5. The van der Waals surface area contributed by atoms with Crippen LogP contribution in [0.4, 0.5) is 0 Å². The lowest BCUT2D eigenvalue weighted by Gasteiger charge is -2.19. The number of nitrogens with two attached hydrogens (primary N) is 1. The summed E-state index contributed by atoms with van der Waals surface area (Å²) in [5.74, 6) is -5.34. The molecular formula is C53H98ClN5O12S. The number of ether oxygens (including phenoxy) is 2. The number of carbonyl (C=O) groups is 8. The van der Waals surface area contributed by atoms with Gasteiger partial charge in [0.05, 0.1) is 13.1 Å². The van der Waals surface area contributed by atoms with Crippen LogP contribution in [0.3, 0.4) is 0 Å². The van der Waals surface area contributed by atoms with Crippen LogP contribution in [0.1, 0.15) is 232 Å². The van der Waals surface area contributed by atoms with Crippen molar-refractivity contribution in [3.05, 3.63) is 0 Å². The highest BCUT2D eigenvalue weighted by Gasteiger charge is 2.24. The summed E-state index contributed by atoms with van der Waals surface area (Å²) in [5.41, 5.74) is 5.64. The van der Waals surface area contributed by atoms with Crippen LogP contribution in [0.15, 0.2) is 0 Å². The standard InChI is InChI=1S/C53H97N5O12S.ClH/c1-3-5-7-9-11-13-15-17-19-21-23-25-27-32-50(64)69-41-43(70-51(65)33-28-26-24-22-20-18-16-14-12-10-8-6-4-2)42-71-38-36-46(59)57-44(31-29-30-37-54)52(66)56-39-47(60)55-40-48(61)58-45(53(67)68)34-35-49(62)63;/h43-45H,3-42,54H2,1-2H3,(H,55,60)(H,56,66)(H,57,59)(H,58,61)(H,62,63)(H,67,68);1H/t43?,44-,45-;/m0./s1. The Morgan fingerprint density at radius 1 is 0.500 bits per heavy atom. The number of carbonyl (C=O) groups excluding carboxylic acids is 6. The van der Waals surface area contributed by atoms with E-state index in [1.54, 1.807) is 0 Å². The minimum Gasteiger partial charge on any atom is -0.481 e. The second-order valence-corrected chi connectivity index (χ2v) is 20.0. The number of halogens is 1. The van der Waals surface area contributed by atoms with Gasteiger partial charge in [-0.25, -0.2) is 4.79 Å². The average molecular weight is 1060 g/mol. The number of carboxylic acid groups (broad SMARTS) is 2. The van der Waals surface area contributed by atoms with E-state index in [1.165, 1.54) is 134 Å². The lowest BCUT2D eigenvalue weighted by molar-refractivity contribution is -0.157. The van der Waals surface area contributed by atoms with Crippen molar-refractivity contribution in [2.24, 2.45) is 5.73 Å². The Bertz CT molecular complexity index is 1450. The molecule has 0 aliphatic carbocycles. The molecule has 0 fully saturated rings. The molecule has 17 nitrogen and oxygen atoms in total. The highest BCUT2D eigenvalue weighted by Crippen LogP contribution is 2.17. The predicted molar refractivity (Wildman–Crippen MR) is 288 cm³/mol. The second kappa shape index (κ2) is 50.9. The molecular weight excluding hydrogens is 966 g/mol. The van der Waals surface area contributed by atoms with Gasteiger partial charge in [-0.2, -0.15) is 11.8 Å². The molecule has 0 bridgehead atoms. The number of esters is 2. The van der Waals surface area contributed by atoms with Gasteiger partial charge in [-0.3, -0.25) is 33.6 Å². The molecule has 420 valence electrons. The number of hydrogen-bond acceptors (Lipinski definition) is 12. The Balaban J connectivity index is 0. The maximum Gasteiger partial charge on any atom is 0.326 e. The van der Waals surface area contributed by atoms with Crippen LogP contribution in [0.5, 0.6) is 0 Å². The van der Waals surface area contributed by atoms with Crippen molar-refractivity contribution >= 4 is 71.7 Å². The van der Waals surface area contributed by atoms with Crippen molar-refractivity contribution in [3.8, 4) is 0 Å². The van der Waals surface area contributed by atoms with Gasteiger partial charge in [0.15, 0.2) is 0 Å². The molecule has 0 saturated heterocycles. The van der Waals surface area contributed by atoms with Gasteiger partial charge in [0.25, 0.3) is 0 Å². The quantitative estimate of drug-likeness (QED) is 0.0221. The molecule has 0 aliphatic heterocycles. The topological polar surface area (TPSA) is 270 Å². The molecule has 8 N–H and O–H groups in total. The number of carboxylic acids is 2. The molecule has 0 heterocycles. The third kappa shape index (κ3) is 46.2. The third-order valence-corrected chi connectivity index (χ3v) is 13.3. The first-order valence-corrected chi connectivity index (χ1v) is 28.7. The zero-order valence-corrected chi connectivity index (χ0v) is 46.0. The number of thioether (sulfide) groups is 1. The van der Waals surface area contributed by atoms with E-state index in [2.05, 4.69) is 35.1 Å². The van der Waals surface area contributed by atoms with E-state index < -0.39 is 73.3 Å². The van der Waals surface area contributed by atoms with E-state index in [1.807, 2.05) is 0 Å². The maximum absolute atomic E-state index is 13.1. The minimum atomic E-state index is -1.46. The number of amides is 4. The van der Waals surface area contributed by atoms with Gasteiger partial charge in [0, 0.05) is 37.2 Å². The van der Waals surface area contributed by atoms with Gasteiger partial charge in [-0.15, -0.1) is 12.4 Å². The monoisotopic (exact) mass is 1060 g/mol. The molecule has 0 spiro atoms. The van der Waals surface area contributed by atoms with Crippen LogP contribution in [0, 0.1) is 0 Å². The van der Waals surface area contributed by atoms with Crippen LogP contribution in [0.2, 0.25) is 0 Å². The van der Waals surface area contributed by atoms with E-state index in [4.69, 9.17) is 20.3 Å². The van der Waals surface area contributed by atoms with Crippen molar-refractivity contribution in [2.45, 2.75) is 250 Å². The molecule has 0 aromatic rings. The van der Waals surface area contributed by atoms with E-state index in [0.29, 0.717) is 37.3 Å². The van der Waals surface area contributed by atoms with Crippen LogP contribution in [-0.4, -0.2) is 114 Å². The van der Waals surface area contributed by atoms with Crippen LogP contribution >= 0.6 is 24.2 Å². The summed E-state index contributed by atoms with van der Waals surface area (Å²) in [6.07, 6.45) is 31.8. The zero-order valence-electron chi connectivity index (χ0n) is 44.4. The van der Waals surface area contributed by atoms with Crippen molar-refractivity contribution in [3.63, 3.8) is 0 Å². The van der Waals surface area contributed by atoms with Crippen molar-refractivity contribution < 1.29 is 58.0 Å². The van der Waals surface area contributed by atoms with Crippen molar-refractivity contribution in [2.75, 3.05) is 37.7 Å². The molecule has 0 aromatic heterocycles. The smallest absolute Gasteiger partial charge is 0.326 e. The molecule has 3 atom stereocenters. The third-order valence-electron chi connectivity index (χ3n) is 12.2. The van der Waals surface area contributed by atoms with Gasteiger partial charge in [-0.05, 0) is 45.1 Å². The lowest BCUT2D eigenvalue weighted by atomic mass is 10.0. The highest BCUT2D eigenvalue weighted by molar-refractivity contribution is 7.99. The average Bonchev–Trinajstić information content (AvgIpc) is 3.34. The molecule has 4 amide bonds. The predicted octanol–water partition coefficient (Wildman–Crippen LogP) is 9.23. The molecule has 72 heavy (non-hydrogen) atoms. The number of hydrogen-bond donors (Lipinski definition) is 7. The second-order valence-electron chi connectivity index (χ2n) is 18.9. The van der Waals surface area contributed by atoms with Gasteiger partial charge in [0.2, 0.25) is 23.6 Å². The van der Waals surface area contributed by atoms with E-state index >= 15 is 0 Å². The fourth-order valence-electron chi connectivity index (χ4n) is 7.90. The summed E-state index contributed by atoms with van der Waals surface area (Å²) in [5, 5.41) is 27.6. The largest absolute Gasteiger partial charge is 0.481 e. The molecule has 0 saturated carbocycles. The molecule has 1 unspecified atom stereocenters. The summed E-state index contributed by atoms with van der Waals surface area (Å²) < 4.78 is 11.4. The SMILES string of the molecule is CCCCCCCCCCCCCCCC(=O)OCC(CSCCC(=O)N[C@@H](CCCCN)C(=O)NCC(=O)NCC(=O)N[C@@H](CCC(=O)O)C(=O)O)OC(=O)CCCCCCCCCCCCCCC.Cl. The summed E-state index contributed by atoms with van der Waals surface area (Å²) in [7, 11) is 0. The van der Waals surface area contributed by atoms with Crippen LogP contribution in [-0.2, 0) is 47.8 Å². The Kier molecular flexibility index (Phi) is 49.8. The highest BCUT2D eigenvalue weighted by atomic mass is 35.5. The fraction of sp³-hybridized carbons (Fsp3) is 0.849. The normalized spacial score (nSPS) is 12.2. The van der Waals surface area contributed by atoms with Crippen molar-refractivity contribution in [1.82, 2.24) is 21.3 Å². The summed E-state index contributed by atoms with van der Waals surface area (Å²) >= 11 is 1.37. The fourth-order valence-corrected chi connectivity index (χ4v) is 8.83. The lowest BCUT2D eigenvalue weighted by Crippen LogP contribution is -2.50. The molecule has 0 aromatic carbocycles. The molecule has 19 heteroatoms. The van der Waals surface area contributed by atoms with E-state index in [-0.39, 0.29) is 56.6 Å². The molecule has 0 radical (unpaired) electrons. The summed E-state index contributed by atoms with van der Waals surface area (Å²) in [6.45, 7) is 3.64. The number of rotatable bonds is 51. The number of aliphatic carboxylic acids is 2. The van der Waals surface area contributed by atoms with Crippen LogP contribution in [0.25, 0.3) is 0 Å².